The zero-order valence-corrected chi connectivity index (χ0v) is 11.7. The van der Waals surface area contributed by atoms with Crippen LogP contribution < -0.4 is 4.74 Å². The summed E-state index contributed by atoms with van der Waals surface area (Å²) < 4.78 is 5.57. The second-order valence-electron chi connectivity index (χ2n) is 4.80. The van der Waals surface area contributed by atoms with Crippen molar-refractivity contribution >= 4 is 12.3 Å². The van der Waals surface area contributed by atoms with Crippen molar-refractivity contribution in [2.75, 3.05) is 6.61 Å². The highest BCUT2D eigenvalue weighted by Crippen LogP contribution is 2.12. The first kappa shape index (κ1) is 16.2. The molecule has 0 atom stereocenters. The van der Waals surface area contributed by atoms with E-state index in [0.29, 0.717) is 12.2 Å². The first-order valence-corrected chi connectivity index (χ1v) is 7.12. The lowest BCUT2D eigenvalue weighted by Gasteiger charge is -2.06. The molecule has 0 aliphatic rings. The molecule has 1 aromatic rings. The molecule has 4 nitrogen and oxygen atoms in total. The van der Waals surface area contributed by atoms with Crippen LogP contribution in [-0.4, -0.2) is 24.0 Å². The van der Waals surface area contributed by atoms with Gasteiger partial charge in [-0.25, -0.2) is 0 Å². The van der Waals surface area contributed by atoms with Gasteiger partial charge in [0.25, 0.3) is 0 Å². The minimum atomic E-state index is -0.709. The largest absolute Gasteiger partial charge is 0.494 e. The van der Waals surface area contributed by atoms with Crippen LogP contribution in [-0.2, 0) is 4.79 Å². The summed E-state index contributed by atoms with van der Waals surface area (Å²) in [5.74, 6) is 0.0797. The van der Waals surface area contributed by atoms with Crippen LogP contribution in [0.15, 0.2) is 24.3 Å². The highest BCUT2D eigenvalue weighted by atomic mass is 16.5. The first-order chi connectivity index (χ1) is 9.72. The van der Waals surface area contributed by atoms with E-state index in [0.717, 1.165) is 50.6 Å². The molecule has 110 valence electrons. The predicted molar refractivity (Wildman–Crippen MR) is 77.3 cm³/mol. The van der Waals surface area contributed by atoms with Crippen LogP contribution in [0.5, 0.6) is 5.75 Å². The smallest absolute Gasteiger partial charge is 0.303 e. The molecule has 0 aliphatic carbocycles. The van der Waals surface area contributed by atoms with E-state index in [1.807, 2.05) is 0 Å². The highest BCUT2D eigenvalue weighted by molar-refractivity contribution is 5.74. The van der Waals surface area contributed by atoms with Crippen LogP contribution in [0.3, 0.4) is 0 Å². The number of rotatable bonds is 11. The van der Waals surface area contributed by atoms with Crippen molar-refractivity contribution in [2.24, 2.45) is 0 Å². The second kappa shape index (κ2) is 10.0. The lowest BCUT2D eigenvalue weighted by molar-refractivity contribution is -0.137. The Hall–Kier alpha value is -1.84. The zero-order chi connectivity index (χ0) is 14.6. The summed E-state index contributed by atoms with van der Waals surface area (Å²) in [6.45, 7) is 0.676. The number of ether oxygens (including phenoxy) is 1. The Labute approximate surface area is 119 Å². The normalized spacial score (nSPS) is 10.2. The maximum Gasteiger partial charge on any atom is 0.303 e. The van der Waals surface area contributed by atoms with Gasteiger partial charge >= 0.3 is 5.97 Å². The number of hydrogen-bond acceptors (Lipinski definition) is 3. The number of unbranched alkanes of at least 4 members (excludes halogenated alkanes) is 5. The fourth-order valence-corrected chi connectivity index (χ4v) is 1.92. The van der Waals surface area contributed by atoms with E-state index in [-0.39, 0.29) is 6.42 Å². The van der Waals surface area contributed by atoms with Crippen molar-refractivity contribution < 1.29 is 19.4 Å². The molecular weight excluding hydrogens is 256 g/mol. The average Bonchev–Trinajstić information content (AvgIpc) is 2.46. The quantitative estimate of drug-likeness (QED) is 0.495. The fourth-order valence-electron chi connectivity index (χ4n) is 1.92. The summed E-state index contributed by atoms with van der Waals surface area (Å²) in [6.07, 6.45) is 7.14. The number of aliphatic carboxylic acids is 1. The van der Waals surface area contributed by atoms with Crippen molar-refractivity contribution in [1.82, 2.24) is 0 Å². The molecule has 0 heterocycles. The lowest BCUT2D eigenvalue weighted by atomic mass is 10.1. The van der Waals surface area contributed by atoms with Gasteiger partial charge in [0.1, 0.15) is 12.0 Å². The number of carbonyl (C=O) groups is 2. The summed E-state index contributed by atoms with van der Waals surface area (Å²) in [5.41, 5.74) is 0.652. The molecule has 0 radical (unpaired) electrons. The number of carboxylic acids is 1. The molecule has 20 heavy (non-hydrogen) atoms. The number of aldehydes is 1. The van der Waals surface area contributed by atoms with Gasteiger partial charge in [-0.3, -0.25) is 9.59 Å². The van der Waals surface area contributed by atoms with Gasteiger partial charge in [0.05, 0.1) is 6.61 Å². The van der Waals surface area contributed by atoms with Gasteiger partial charge in [-0.15, -0.1) is 0 Å². The third-order valence-electron chi connectivity index (χ3n) is 3.07. The highest BCUT2D eigenvalue weighted by Gasteiger charge is 1.97. The molecule has 0 aliphatic heterocycles. The second-order valence-corrected chi connectivity index (χ2v) is 4.80. The Kier molecular flexibility index (Phi) is 8.11. The van der Waals surface area contributed by atoms with Gasteiger partial charge < -0.3 is 9.84 Å². The van der Waals surface area contributed by atoms with E-state index in [1.54, 1.807) is 24.3 Å². The van der Waals surface area contributed by atoms with Crippen LogP contribution in [0.4, 0.5) is 0 Å². The molecule has 1 N–H and O–H groups in total. The minimum absolute atomic E-state index is 0.278. The maximum atomic E-state index is 10.5. The van der Waals surface area contributed by atoms with E-state index < -0.39 is 5.97 Å². The fraction of sp³-hybridized carbons (Fsp3) is 0.500. The topological polar surface area (TPSA) is 63.6 Å². The first-order valence-electron chi connectivity index (χ1n) is 7.12. The SMILES string of the molecule is O=Cc1ccc(OCCCCCCCCC(=O)O)cc1. The van der Waals surface area contributed by atoms with Crippen LogP contribution in [0.25, 0.3) is 0 Å². The molecule has 0 unspecified atom stereocenters. The Morgan fingerprint density at radius 2 is 1.60 bits per heavy atom. The molecule has 1 rings (SSSR count). The molecule has 0 saturated heterocycles. The van der Waals surface area contributed by atoms with Crippen molar-refractivity contribution in [3.8, 4) is 5.75 Å². The van der Waals surface area contributed by atoms with E-state index >= 15 is 0 Å². The average molecular weight is 278 g/mol. The van der Waals surface area contributed by atoms with E-state index in [4.69, 9.17) is 9.84 Å². The van der Waals surface area contributed by atoms with E-state index in [9.17, 15) is 9.59 Å². The van der Waals surface area contributed by atoms with Crippen molar-refractivity contribution in [3.05, 3.63) is 29.8 Å². The Morgan fingerprint density at radius 1 is 1.00 bits per heavy atom. The summed E-state index contributed by atoms with van der Waals surface area (Å²) in [7, 11) is 0. The number of hydrogen-bond donors (Lipinski definition) is 1. The van der Waals surface area contributed by atoms with Crippen LogP contribution in [0.2, 0.25) is 0 Å². The zero-order valence-electron chi connectivity index (χ0n) is 11.7. The summed E-state index contributed by atoms with van der Waals surface area (Å²) in [4.78, 5) is 20.8. The summed E-state index contributed by atoms with van der Waals surface area (Å²) in [6, 6.07) is 7.08. The molecule has 0 aromatic heterocycles. The van der Waals surface area contributed by atoms with Crippen LogP contribution in [0, 0.1) is 0 Å². The third-order valence-corrected chi connectivity index (χ3v) is 3.07. The monoisotopic (exact) mass is 278 g/mol. The van der Waals surface area contributed by atoms with Gasteiger partial charge in [0.2, 0.25) is 0 Å². The van der Waals surface area contributed by atoms with Crippen LogP contribution >= 0.6 is 0 Å². The van der Waals surface area contributed by atoms with Crippen molar-refractivity contribution in [3.63, 3.8) is 0 Å². The molecule has 1 aromatic carbocycles. The predicted octanol–water partition coefficient (Wildman–Crippen LogP) is 3.69. The number of carboxylic acid groups (broad SMARTS) is 1. The molecule has 0 bridgehead atoms. The number of benzene rings is 1. The standard InChI is InChI=1S/C16H22O4/c17-13-14-8-10-15(11-9-14)20-12-6-4-2-1-3-5-7-16(18)19/h8-11,13H,1-7,12H2,(H,18,19). The molecule has 0 spiro atoms. The Balaban J connectivity index is 1.96. The van der Waals surface area contributed by atoms with Crippen molar-refractivity contribution in [1.29, 1.82) is 0 Å². The van der Waals surface area contributed by atoms with Gasteiger partial charge in [-0.2, -0.15) is 0 Å². The molecule has 0 fully saturated rings. The minimum Gasteiger partial charge on any atom is -0.494 e. The van der Waals surface area contributed by atoms with Gasteiger partial charge in [0.15, 0.2) is 0 Å². The van der Waals surface area contributed by atoms with Gasteiger partial charge in [0, 0.05) is 12.0 Å². The van der Waals surface area contributed by atoms with Crippen molar-refractivity contribution in [2.45, 2.75) is 44.9 Å². The van der Waals surface area contributed by atoms with E-state index in [1.165, 1.54) is 0 Å². The molecular formula is C16H22O4. The Morgan fingerprint density at radius 3 is 2.20 bits per heavy atom. The van der Waals surface area contributed by atoms with Gasteiger partial charge in [-0.1, -0.05) is 25.7 Å². The molecule has 0 saturated carbocycles. The summed E-state index contributed by atoms with van der Waals surface area (Å²) in [5, 5.41) is 8.49. The van der Waals surface area contributed by atoms with Gasteiger partial charge in [-0.05, 0) is 37.1 Å². The molecule has 4 heteroatoms. The third kappa shape index (κ3) is 7.56. The number of carbonyl (C=O) groups excluding carboxylic acids is 1. The maximum absolute atomic E-state index is 10.5. The van der Waals surface area contributed by atoms with Crippen LogP contribution in [0.1, 0.15) is 55.3 Å². The molecule has 0 amide bonds. The van der Waals surface area contributed by atoms with E-state index in [2.05, 4.69) is 0 Å². The lowest BCUT2D eigenvalue weighted by Crippen LogP contribution is -1.97. The summed E-state index contributed by atoms with van der Waals surface area (Å²) >= 11 is 0. The Bertz CT molecular complexity index is 397.